The number of hydrogen-bond acceptors (Lipinski definition) is 3. The number of hydrogen-bond donors (Lipinski definition) is 1. The average molecular weight is 193 g/mol. The Bertz CT molecular complexity index is 321. The Morgan fingerprint density at radius 3 is 2.86 bits per heavy atom. The fourth-order valence-electron chi connectivity index (χ4n) is 1.16. The third-order valence-corrected chi connectivity index (χ3v) is 1.92. The van der Waals surface area contributed by atoms with Crippen molar-refractivity contribution in [2.24, 2.45) is 5.73 Å². The Hall–Kier alpha value is -1.35. The predicted octanol–water partition coefficient (Wildman–Crippen LogP) is 1.88. The molecular weight excluding hydrogens is 178 g/mol. The third kappa shape index (κ3) is 2.57. The smallest absolute Gasteiger partial charge is 0.338 e. The van der Waals surface area contributed by atoms with E-state index in [1.165, 1.54) is 0 Å². The number of esters is 1. The first-order chi connectivity index (χ1) is 6.65. The Kier molecular flexibility index (Phi) is 3.65. The van der Waals surface area contributed by atoms with Gasteiger partial charge in [0.2, 0.25) is 0 Å². The molecule has 3 heteroatoms. The first-order valence-corrected chi connectivity index (χ1v) is 4.67. The van der Waals surface area contributed by atoms with Gasteiger partial charge in [-0.25, -0.2) is 4.79 Å². The summed E-state index contributed by atoms with van der Waals surface area (Å²) in [5.41, 5.74) is 7.20. The molecule has 0 aliphatic carbocycles. The highest BCUT2D eigenvalue weighted by molar-refractivity contribution is 5.89. The van der Waals surface area contributed by atoms with E-state index in [4.69, 9.17) is 10.5 Å². The van der Waals surface area contributed by atoms with E-state index in [1.807, 2.05) is 19.1 Å². The monoisotopic (exact) mass is 193 g/mol. The molecule has 1 aromatic carbocycles. The highest BCUT2D eigenvalue weighted by Crippen LogP contribution is 2.12. The van der Waals surface area contributed by atoms with E-state index in [1.54, 1.807) is 19.1 Å². The van der Waals surface area contributed by atoms with Crippen molar-refractivity contribution in [3.05, 3.63) is 35.4 Å². The molecule has 0 aromatic heterocycles. The average Bonchev–Trinajstić information content (AvgIpc) is 2.18. The van der Waals surface area contributed by atoms with Crippen molar-refractivity contribution in [1.29, 1.82) is 0 Å². The van der Waals surface area contributed by atoms with Crippen molar-refractivity contribution in [2.75, 3.05) is 6.61 Å². The molecule has 0 heterocycles. The van der Waals surface area contributed by atoms with Crippen molar-refractivity contribution < 1.29 is 9.53 Å². The van der Waals surface area contributed by atoms with Crippen LogP contribution in [0.3, 0.4) is 0 Å². The van der Waals surface area contributed by atoms with Gasteiger partial charge in [0.05, 0.1) is 12.2 Å². The largest absolute Gasteiger partial charge is 0.462 e. The van der Waals surface area contributed by atoms with Crippen molar-refractivity contribution in [2.45, 2.75) is 19.9 Å². The van der Waals surface area contributed by atoms with E-state index >= 15 is 0 Å². The normalized spacial score (nSPS) is 12.2. The molecule has 3 nitrogen and oxygen atoms in total. The van der Waals surface area contributed by atoms with E-state index in [2.05, 4.69) is 0 Å². The third-order valence-electron chi connectivity index (χ3n) is 1.92. The summed E-state index contributed by atoms with van der Waals surface area (Å²) in [6.45, 7) is 4.05. The van der Waals surface area contributed by atoms with Gasteiger partial charge in [-0.15, -0.1) is 0 Å². The summed E-state index contributed by atoms with van der Waals surface area (Å²) >= 11 is 0. The SMILES string of the molecule is CCOC(=O)c1cccc([C@@H](C)N)c1. The van der Waals surface area contributed by atoms with Crippen molar-refractivity contribution in [3.8, 4) is 0 Å². The highest BCUT2D eigenvalue weighted by Gasteiger charge is 2.07. The van der Waals surface area contributed by atoms with Crippen molar-refractivity contribution in [3.63, 3.8) is 0 Å². The summed E-state index contributed by atoms with van der Waals surface area (Å²) in [6, 6.07) is 7.13. The lowest BCUT2D eigenvalue weighted by atomic mass is 10.1. The van der Waals surface area contributed by atoms with Crippen LogP contribution in [0.5, 0.6) is 0 Å². The zero-order valence-corrected chi connectivity index (χ0v) is 8.49. The lowest BCUT2D eigenvalue weighted by Crippen LogP contribution is -2.08. The molecule has 76 valence electrons. The van der Waals surface area contributed by atoms with Crippen molar-refractivity contribution in [1.82, 2.24) is 0 Å². The molecule has 0 unspecified atom stereocenters. The summed E-state index contributed by atoms with van der Waals surface area (Å²) in [7, 11) is 0. The molecule has 1 rings (SSSR count). The van der Waals surface area contributed by atoms with E-state index in [0.717, 1.165) is 5.56 Å². The van der Waals surface area contributed by atoms with E-state index < -0.39 is 0 Å². The van der Waals surface area contributed by atoms with Crippen LogP contribution < -0.4 is 5.73 Å². The second kappa shape index (κ2) is 4.77. The maximum atomic E-state index is 11.4. The molecule has 0 fully saturated rings. The second-order valence-corrected chi connectivity index (χ2v) is 3.13. The van der Waals surface area contributed by atoms with Crippen LogP contribution in [0.1, 0.15) is 35.8 Å². The molecule has 0 amide bonds. The minimum absolute atomic E-state index is 0.0654. The highest BCUT2D eigenvalue weighted by atomic mass is 16.5. The van der Waals surface area contributed by atoms with Gasteiger partial charge in [0.15, 0.2) is 0 Å². The lowest BCUT2D eigenvalue weighted by molar-refractivity contribution is 0.0526. The topological polar surface area (TPSA) is 52.3 Å². The number of nitrogens with two attached hydrogens (primary N) is 1. The fourth-order valence-corrected chi connectivity index (χ4v) is 1.16. The van der Waals surface area contributed by atoms with Crippen LogP contribution in [-0.4, -0.2) is 12.6 Å². The number of carbonyl (C=O) groups is 1. The van der Waals surface area contributed by atoms with Crippen LogP contribution in [0.4, 0.5) is 0 Å². The van der Waals surface area contributed by atoms with Gasteiger partial charge in [-0.05, 0) is 31.5 Å². The summed E-state index contributed by atoms with van der Waals surface area (Å²) in [5, 5.41) is 0. The zero-order chi connectivity index (χ0) is 10.6. The van der Waals surface area contributed by atoms with Gasteiger partial charge >= 0.3 is 5.97 Å². The maximum Gasteiger partial charge on any atom is 0.338 e. The first kappa shape index (κ1) is 10.7. The molecule has 0 saturated heterocycles. The molecule has 0 spiro atoms. The van der Waals surface area contributed by atoms with Gasteiger partial charge in [-0.1, -0.05) is 12.1 Å². The molecule has 0 bridgehead atoms. The van der Waals surface area contributed by atoms with Gasteiger partial charge in [0, 0.05) is 6.04 Å². The van der Waals surface area contributed by atoms with Crippen LogP contribution in [0.15, 0.2) is 24.3 Å². The molecule has 0 aliphatic rings. The van der Waals surface area contributed by atoms with Gasteiger partial charge < -0.3 is 10.5 Å². The van der Waals surface area contributed by atoms with Crippen LogP contribution in [0.2, 0.25) is 0 Å². The Morgan fingerprint density at radius 1 is 1.57 bits per heavy atom. The lowest BCUT2D eigenvalue weighted by Gasteiger charge is -2.07. The predicted molar refractivity (Wildman–Crippen MR) is 55.0 cm³/mol. The van der Waals surface area contributed by atoms with Gasteiger partial charge in [0.1, 0.15) is 0 Å². The maximum absolute atomic E-state index is 11.4. The molecule has 1 aromatic rings. The van der Waals surface area contributed by atoms with E-state index in [9.17, 15) is 4.79 Å². The Morgan fingerprint density at radius 2 is 2.29 bits per heavy atom. The fraction of sp³-hybridized carbons (Fsp3) is 0.364. The van der Waals surface area contributed by atoms with Crippen LogP contribution in [-0.2, 0) is 4.74 Å². The number of rotatable bonds is 3. The molecular formula is C11H15NO2. The van der Waals surface area contributed by atoms with Gasteiger partial charge in [0.25, 0.3) is 0 Å². The van der Waals surface area contributed by atoms with Crippen molar-refractivity contribution >= 4 is 5.97 Å². The second-order valence-electron chi connectivity index (χ2n) is 3.13. The standard InChI is InChI=1S/C11H15NO2/c1-3-14-11(13)10-6-4-5-9(7-10)8(2)12/h4-8H,3,12H2,1-2H3/t8-/m1/s1. The van der Waals surface area contributed by atoms with Crippen LogP contribution in [0.25, 0.3) is 0 Å². The van der Waals surface area contributed by atoms with Crippen LogP contribution in [0, 0.1) is 0 Å². The first-order valence-electron chi connectivity index (χ1n) is 4.67. The van der Waals surface area contributed by atoms with Crippen LogP contribution >= 0.6 is 0 Å². The van der Waals surface area contributed by atoms with E-state index in [-0.39, 0.29) is 12.0 Å². The quantitative estimate of drug-likeness (QED) is 0.746. The zero-order valence-electron chi connectivity index (χ0n) is 8.49. The Labute approximate surface area is 83.9 Å². The Balaban J connectivity index is 2.88. The summed E-state index contributed by atoms with van der Waals surface area (Å²) in [6.07, 6.45) is 0. The summed E-state index contributed by atoms with van der Waals surface area (Å²) < 4.78 is 4.88. The number of ether oxygens (including phenoxy) is 1. The van der Waals surface area contributed by atoms with Gasteiger partial charge in [-0.2, -0.15) is 0 Å². The summed E-state index contributed by atoms with van der Waals surface area (Å²) in [4.78, 5) is 11.4. The molecule has 14 heavy (non-hydrogen) atoms. The van der Waals surface area contributed by atoms with E-state index in [0.29, 0.717) is 12.2 Å². The number of benzene rings is 1. The molecule has 1 atom stereocenters. The van der Waals surface area contributed by atoms with Gasteiger partial charge in [-0.3, -0.25) is 0 Å². The summed E-state index contributed by atoms with van der Waals surface area (Å²) in [5.74, 6) is -0.296. The minimum atomic E-state index is -0.296. The number of carbonyl (C=O) groups excluding carboxylic acids is 1. The molecule has 0 aliphatic heterocycles. The molecule has 2 N–H and O–H groups in total. The minimum Gasteiger partial charge on any atom is -0.462 e. The molecule has 0 radical (unpaired) electrons. The molecule has 0 saturated carbocycles.